The molecule has 2 rings (SSSR count). The summed E-state index contributed by atoms with van der Waals surface area (Å²) in [7, 11) is 1.26. The molecule has 0 fully saturated rings. The Morgan fingerprint density at radius 1 is 1.32 bits per heavy atom. The maximum atomic E-state index is 12.5. The number of esters is 1. The molecule has 0 radical (unpaired) electrons. The molecule has 2 heterocycles. The highest BCUT2D eigenvalue weighted by Crippen LogP contribution is 2.21. The maximum absolute atomic E-state index is 12.5. The molecule has 0 N–H and O–H groups in total. The van der Waals surface area contributed by atoms with E-state index in [9.17, 15) is 9.59 Å². The van der Waals surface area contributed by atoms with Crippen LogP contribution in [-0.2, 0) is 11.3 Å². The van der Waals surface area contributed by atoms with Gasteiger partial charge in [-0.25, -0.2) is 9.78 Å². The van der Waals surface area contributed by atoms with E-state index in [1.165, 1.54) is 19.6 Å². The van der Waals surface area contributed by atoms with E-state index < -0.39 is 11.5 Å². The van der Waals surface area contributed by atoms with E-state index in [4.69, 9.17) is 8.83 Å². The number of oxazole rings is 1. The molecular formula is C15H18N2O5. The minimum atomic E-state index is -0.588. The summed E-state index contributed by atoms with van der Waals surface area (Å²) in [4.78, 5) is 29.5. The average molecular weight is 306 g/mol. The molecule has 2 aromatic rings. The number of carbonyl (C=O) groups excluding carboxylic acids is 2. The van der Waals surface area contributed by atoms with Gasteiger partial charge in [-0.05, 0) is 32.9 Å². The highest BCUT2D eigenvalue weighted by Gasteiger charge is 2.30. The number of methoxy groups -OCH3 is 1. The molecule has 0 bridgehead atoms. The fraction of sp³-hybridized carbons (Fsp3) is 0.400. The van der Waals surface area contributed by atoms with Crippen molar-refractivity contribution in [2.24, 2.45) is 0 Å². The van der Waals surface area contributed by atoms with Gasteiger partial charge in [0.05, 0.1) is 19.9 Å². The molecule has 0 aliphatic rings. The van der Waals surface area contributed by atoms with Crippen molar-refractivity contribution in [2.45, 2.75) is 32.9 Å². The Bertz CT molecular complexity index is 652. The van der Waals surface area contributed by atoms with Crippen LogP contribution >= 0.6 is 0 Å². The minimum Gasteiger partial charge on any atom is -0.464 e. The summed E-state index contributed by atoms with van der Waals surface area (Å²) in [6.45, 7) is 5.77. The smallest absolute Gasteiger partial charge is 0.360 e. The quantitative estimate of drug-likeness (QED) is 0.807. The van der Waals surface area contributed by atoms with Crippen LogP contribution in [0.3, 0.4) is 0 Å². The van der Waals surface area contributed by atoms with Gasteiger partial charge in [0, 0.05) is 5.54 Å². The van der Waals surface area contributed by atoms with Gasteiger partial charge < -0.3 is 18.5 Å². The van der Waals surface area contributed by atoms with E-state index in [1.54, 1.807) is 17.0 Å². The van der Waals surface area contributed by atoms with Gasteiger partial charge in [0.1, 0.15) is 6.26 Å². The van der Waals surface area contributed by atoms with Crippen molar-refractivity contribution in [3.63, 3.8) is 0 Å². The van der Waals surface area contributed by atoms with E-state index in [2.05, 4.69) is 9.72 Å². The first kappa shape index (κ1) is 15.8. The Labute approximate surface area is 127 Å². The summed E-state index contributed by atoms with van der Waals surface area (Å²) in [6.07, 6.45) is 2.65. The Kier molecular flexibility index (Phi) is 4.35. The second-order valence-corrected chi connectivity index (χ2v) is 5.66. The number of aromatic nitrogens is 1. The van der Waals surface area contributed by atoms with E-state index in [-0.39, 0.29) is 29.8 Å². The first-order chi connectivity index (χ1) is 10.3. The normalized spacial score (nSPS) is 11.3. The summed E-state index contributed by atoms with van der Waals surface area (Å²) in [5.74, 6) is -0.394. The highest BCUT2D eigenvalue weighted by molar-refractivity contribution is 5.92. The molecule has 0 unspecified atom stereocenters. The molecule has 1 amide bonds. The lowest BCUT2D eigenvalue weighted by Crippen LogP contribution is -2.45. The van der Waals surface area contributed by atoms with Crippen molar-refractivity contribution in [3.05, 3.63) is 42.0 Å². The van der Waals surface area contributed by atoms with E-state index in [0.717, 1.165) is 0 Å². The van der Waals surface area contributed by atoms with Crippen molar-refractivity contribution in [1.82, 2.24) is 9.88 Å². The van der Waals surface area contributed by atoms with Crippen LogP contribution in [0, 0.1) is 0 Å². The molecule has 7 heteroatoms. The molecule has 118 valence electrons. The Morgan fingerprint density at radius 2 is 2.05 bits per heavy atom. The third-order valence-corrected chi connectivity index (χ3v) is 3.03. The average Bonchev–Trinajstić information content (AvgIpc) is 3.13. The first-order valence-corrected chi connectivity index (χ1v) is 6.71. The third kappa shape index (κ3) is 3.36. The van der Waals surface area contributed by atoms with Crippen LogP contribution in [0.2, 0.25) is 0 Å². The first-order valence-electron chi connectivity index (χ1n) is 6.71. The molecule has 0 aromatic carbocycles. The largest absolute Gasteiger partial charge is 0.464 e. The SMILES string of the molecule is COC(=O)c1coc(CN(C(=O)c2ccco2)C(C)(C)C)n1. The van der Waals surface area contributed by atoms with Gasteiger partial charge in [-0.3, -0.25) is 4.79 Å². The van der Waals surface area contributed by atoms with Crippen LogP contribution < -0.4 is 0 Å². The third-order valence-electron chi connectivity index (χ3n) is 3.03. The Hall–Kier alpha value is -2.57. The molecular weight excluding hydrogens is 288 g/mol. The molecule has 0 saturated heterocycles. The van der Waals surface area contributed by atoms with Crippen molar-refractivity contribution >= 4 is 11.9 Å². The number of nitrogens with zero attached hydrogens (tertiary/aromatic N) is 2. The second-order valence-electron chi connectivity index (χ2n) is 5.66. The molecule has 0 atom stereocenters. The number of carbonyl (C=O) groups is 2. The topological polar surface area (TPSA) is 85.8 Å². The second kappa shape index (κ2) is 6.05. The summed E-state index contributed by atoms with van der Waals surface area (Å²) < 4.78 is 15.0. The van der Waals surface area contributed by atoms with Gasteiger partial charge in [0.2, 0.25) is 5.89 Å². The summed E-state index contributed by atoms with van der Waals surface area (Å²) >= 11 is 0. The van der Waals surface area contributed by atoms with Crippen LogP contribution in [0.5, 0.6) is 0 Å². The van der Waals surface area contributed by atoms with Crippen molar-refractivity contribution in [2.75, 3.05) is 7.11 Å². The summed E-state index contributed by atoms with van der Waals surface area (Å²) in [5, 5.41) is 0. The summed E-state index contributed by atoms with van der Waals surface area (Å²) in [6, 6.07) is 3.24. The molecule has 0 aliphatic carbocycles. The van der Waals surface area contributed by atoms with Gasteiger partial charge in [0.25, 0.3) is 5.91 Å². The van der Waals surface area contributed by atoms with Crippen LogP contribution in [-0.4, -0.2) is 34.4 Å². The standard InChI is InChI=1S/C15H18N2O5/c1-15(2,3)17(13(18)11-6-5-7-21-11)8-12-16-10(9-22-12)14(19)20-4/h5-7,9H,8H2,1-4H3. The zero-order valence-electron chi connectivity index (χ0n) is 13.0. The fourth-order valence-corrected chi connectivity index (χ4v) is 1.86. The zero-order valence-corrected chi connectivity index (χ0v) is 13.0. The number of ether oxygens (including phenoxy) is 1. The van der Waals surface area contributed by atoms with Gasteiger partial charge in [-0.15, -0.1) is 0 Å². The number of furan rings is 1. The van der Waals surface area contributed by atoms with Crippen molar-refractivity contribution < 1.29 is 23.2 Å². The van der Waals surface area contributed by atoms with Crippen LogP contribution in [0.15, 0.2) is 33.5 Å². The van der Waals surface area contributed by atoms with Crippen LogP contribution in [0.25, 0.3) is 0 Å². The molecule has 2 aromatic heterocycles. The zero-order chi connectivity index (χ0) is 16.3. The number of rotatable bonds is 4. The summed E-state index contributed by atoms with van der Waals surface area (Å²) in [5.41, 5.74) is -0.416. The van der Waals surface area contributed by atoms with Gasteiger partial charge in [0.15, 0.2) is 11.5 Å². The number of hydrogen-bond acceptors (Lipinski definition) is 6. The maximum Gasteiger partial charge on any atom is 0.360 e. The van der Waals surface area contributed by atoms with Crippen molar-refractivity contribution in [3.8, 4) is 0 Å². The van der Waals surface area contributed by atoms with E-state index >= 15 is 0 Å². The van der Waals surface area contributed by atoms with Crippen LogP contribution in [0.4, 0.5) is 0 Å². The van der Waals surface area contributed by atoms with Gasteiger partial charge in [-0.2, -0.15) is 0 Å². The fourth-order valence-electron chi connectivity index (χ4n) is 1.86. The van der Waals surface area contributed by atoms with Crippen molar-refractivity contribution in [1.29, 1.82) is 0 Å². The molecule has 0 spiro atoms. The lowest BCUT2D eigenvalue weighted by Gasteiger charge is -2.34. The predicted octanol–water partition coefficient (Wildman–Crippen LogP) is 2.50. The predicted molar refractivity (Wildman–Crippen MR) is 76.2 cm³/mol. The van der Waals surface area contributed by atoms with E-state index in [1.807, 2.05) is 20.8 Å². The molecule has 0 saturated carbocycles. The molecule has 7 nitrogen and oxygen atoms in total. The van der Waals surface area contributed by atoms with E-state index in [0.29, 0.717) is 0 Å². The number of hydrogen-bond donors (Lipinski definition) is 0. The Balaban J connectivity index is 2.23. The Morgan fingerprint density at radius 3 is 2.59 bits per heavy atom. The van der Waals surface area contributed by atoms with Gasteiger partial charge >= 0.3 is 5.97 Å². The molecule has 22 heavy (non-hydrogen) atoms. The highest BCUT2D eigenvalue weighted by atomic mass is 16.5. The lowest BCUT2D eigenvalue weighted by atomic mass is 10.1. The lowest BCUT2D eigenvalue weighted by molar-refractivity contribution is 0.0500. The minimum absolute atomic E-state index is 0.0665. The number of amides is 1. The van der Waals surface area contributed by atoms with Crippen LogP contribution in [0.1, 0.15) is 47.7 Å². The molecule has 0 aliphatic heterocycles. The monoisotopic (exact) mass is 306 g/mol. The van der Waals surface area contributed by atoms with Gasteiger partial charge in [-0.1, -0.05) is 0 Å².